The van der Waals surface area contributed by atoms with E-state index in [0.717, 1.165) is 0 Å². The van der Waals surface area contributed by atoms with Crippen molar-refractivity contribution in [3.05, 3.63) is 29.0 Å². The fourth-order valence-corrected chi connectivity index (χ4v) is 1.81. The van der Waals surface area contributed by atoms with Gasteiger partial charge in [-0.1, -0.05) is 11.6 Å². The van der Waals surface area contributed by atoms with E-state index in [1.807, 2.05) is 0 Å². The Hall–Kier alpha value is -1.75. The van der Waals surface area contributed by atoms with Gasteiger partial charge in [-0.3, -0.25) is 4.68 Å². The highest BCUT2D eigenvalue weighted by molar-refractivity contribution is 6.32. The quantitative estimate of drug-likeness (QED) is 0.897. The lowest BCUT2D eigenvalue weighted by molar-refractivity contribution is 0.413. The van der Waals surface area contributed by atoms with Crippen LogP contribution in [0.2, 0.25) is 5.02 Å². The molecule has 2 aromatic rings. The number of methoxy groups -OCH3 is 1. The summed E-state index contributed by atoms with van der Waals surface area (Å²) in [5.41, 5.74) is 6.27. The second kappa shape index (κ2) is 4.25. The fourth-order valence-electron chi connectivity index (χ4n) is 1.58. The van der Waals surface area contributed by atoms with Crippen molar-refractivity contribution in [2.45, 2.75) is 0 Å². The lowest BCUT2D eigenvalue weighted by atomic mass is 10.1. The summed E-state index contributed by atoms with van der Waals surface area (Å²) in [7, 11) is 3.10. The summed E-state index contributed by atoms with van der Waals surface area (Å²) in [6.45, 7) is 0. The van der Waals surface area contributed by atoms with Crippen molar-refractivity contribution in [1.82, 2.24) is 9.78 Å². The molecule has 17 heavy (non-hydrogen) atoms. The summed E-state index contributed by atoms with van der Waals surface area (Å²) >= 11 is 5.94. The molecule has 4 nitrogen and oxygen atoms in total. The lowest BCUT2D eigenvalue weighted by Crippen LogP contribution is -1.97. The van der Waals surface area contributed by atoms with Crippen LogP contribution < -0.4 is 10.5 Å². The highest BCUT2D eigenvalue weighted by atomic mass is 35.5. The normalized spacial score (nSPS) is 10.6. The second-order valence-corrected chi connectivity index (χ2v) is 3.92. The number of nitrogen functional groups attached to an aromatic ring is 1. The number of aryl methyl sites for hydroxylation is 1. The zero-order chi connectivity index (χ0) is 12.6. The average molecular weight is 256 g/mol. The van der Waals surface area contributed by atoms with Crippen LogP contribution in [0.3, 0.4) is 0 Å². The third-order valence-electron chi connectivity index (χ3n) is 2.44. The van der Waals surface area contributed by atoms with Crippen LogP contribution in [0.15, 0.2) is 18.2 Å². The molecule has 0 unspecified atom stereocenters. The second-order valence-electron chi connectivity index (χ2n) is 3.52. The first-order valence-electron chi connectivity index (χ1n) is 4.86. The van der Waals surface area contributed by atoms with Crippen LogP contribution in [-0.2, 0) is 7.05 Å². The molecule has 0 fully saturated rings. The van der Waals surface area contributed by atoms with Gasteiger partial charge in [-0.05, 0) is 12.1 Å². The Morgan fingerprint density at radius 1 is 1.47 bits per heavy atom. The number of hydrogen-bond donors (Lipinski definition) is 1. The molecule has 0 aliphatic rings. The van der Waals surface area contributed by atoms with Crippen LogP contribution in [0.4, 0.5) is 10.2 Å². The molecule has 0 aliphatic carbocycles. The number of hydrogen-bond acceptors (Lipinski definition) is 3. The van der Waals surface area contributed by atoms with Gasteiger partial charge in [0.2, 0.25) is 0 Å². The lowest BCUT2D eigenvalue weighted by Gasteiger charge is -2.08. The van der Waals surface area contributed by atoms with Gasteiger partial charge < -0.3 is 10.5 Å². The summed E-state index contributed by atoms with van der Waals surface area (Å²) in [4.78, 5) is 0. The van der Waals surface area contributed by atoms with Gasteiger partial charge in [0, 0.05) is 13.1 Å². The molecule has 1 aromatic heterocycles. The third kappa shape index (κ3) is 1.93. The largest absolute Gasteiger partial charge is 0.494 e. The first-order chi connectivity index (χ1) is 8.04. The third-order valence-corrected chi connectivity index (χ3v) is 2.73. The highest BCUT2D eigenvalue weighted by Crippen LogP contribution is 2.37. The average Bonchev–Trinajstić information content (AvgIpc) is 2.61. The van der Waals surface area contributed by atoms with Crippen molar-refractivity contribution in [3.63, 3.8) is 0 Å². The summed E-state index contributed by atoms with van der Waals surface area (Å²) in [6, 6.07) is 4.27. The number of nitrogens with two attached hydrogens (primary N) is 1. The van der Waals surface area contributed by atoms with E-state index in [4.69, 9.17) is 22.1 Å². The minimum atomic E-state index is -0.454. The number of aromatic nitrogens is 2. The predicted octanol–water partition coefficient (Wildman–Crippen LogP) is 2.47. The first kappa shape index (κ1) is 11.7. The molecular formula is C11H11ClFN3O. The fraction of sp³-hybridized carbons (Fsp3) is 0.182. The van der Waals surface area contributed by atoms with Crippen LogP contribution in [0, 0.1) is 5.82 Å². The van der Waals surface area contributed by atoms with Crippen LogP contribution in [-0.4, -0.2) is 16.9 Å². The minimum absolute atomic E-state index is 0.215. The number of ether oxygens (including phenoxy) is 1. The maximum Gasteiger partial charge on any atom is 0.149 e. The Balaban J connectivity index is 2.69. The standard InChI is InChI=1S/C11H11ClFN3O/c1-16-9(14)5-8(15-16)10-7(13)4-3-6(12)11(10)17-2/h3-5H,14H2,1-2H3. The molecule has 0 radical (unpaired) electrons. The van der Waals surface area contributed by atoms with Crippen LogP contribution in [0.25, 0.3) is 11.3 Å². The van der Waals surface area contributed by atoms with Gasteiger partial charge in [-0.2, -0.15) is 5.10 Å². The van der Waals surface area contributed by atoms with Gasteiger partial charge in [0.25, 0.3) is 0 Å². The number of halogens is 2. The summed E-state index contributed by atoms with van der Waals surface area (Å²) in [5, 5.41) is 4.43. The Bertz CT molecular complexity index is 549. The van der Waals surface area contributed by atoms with Crippen molar-refractivity contribution in [2.75, 3.05) is 12.8 Å². The molecule has 0 spiro atoms. The van der Waals surface area contributed by atoms with Crippen molar-refractivity contribution < 1.29 is 9.13 Å². The minimum Gasteiger partial charge on any atom is -0.494 e. The van der Waals surface area contributed by atoms with Crippen molar-refractivity contribution >= 4 is 17.4 Å². The van der Waals surface area contributed by atoms with Crippen LogP contribution in [0.1, 0.15) is 0 Å². The molecule has 0 bridgehead atoms. The van der Waals surface area contributed by atoms with E-state index < -0.39 is 5.82 Å². The Kier molecular flexibility index (Phi) is 2.93. The molecule has 2 rings (SSSR count). The van der Waals surface area contributed by atoms with E-state index in [1.165, 1.54) is 23.9 Å². The maximum absolute atomic E-state index is 13.8. The van der Waals surface area contributed by atoms with Gasteiger partial charge in [0.1, 0.15) is 23.1 Å². The van der Waals surface area contributed by atoms with Gasteiger partial charge in [0.15, 0.2) is 0 Å². The summed E-state index contributed by atoms with van der Waals surface area (Å²) in [6.07, 6.45) is 0. The van der Waals surface area contributed by atoms with E-state index in [2.05, 4.69) is 5.10 Å². The number of nitrogens with zero attached hydrogens (tertiary/aromatic N) is 2. The van der Waals surface area contributed by atoms with E-state index in [9.17, 15) is 4.39 Å². The van der Waals surface area contributed by atoms with Gasteiger partial charge in [0.05, 0.1) is 17.7 Å². The molecule has 0 saturated carbocycles. The highest BCUT2D eigenvalue weighted by Gasteiger charge is 2.18. The molecular weight excluding hydrogens is 245 g/mol. The van der Waals surface area contributed by atoms with Gasteiger partial charge in [-0.15, -0.1) is 0 Å². The molecule has 6 heteroatoms. The molecule has 0 amide bonds. The van der Waals surface area contributed by atoms with Gasteiger partial charge >= 0.3 is 0 Å². The first-order valence-corrected chi connectivity index (χ1v) is 5.24. The molecule has 2 N–H and O–H groups in total. The number of benzene rings is 1. The van der Waals surface area contributed by atoms with E-state index in [-0.39, 0.29) is 11.3 Å². The van der Waals surface area contributed by atoms with Crippen LogP contribution >= 0.6 is 11.6 Å². The Morgan fingerprint density at radius 3 is 2.71 bits per heavy atom. The molecule has 1 aromatic carbocycles. The Labute approximate surface area is 103 Å². The van der Waals surface area contributed by atoms with Crippen molar-refractivity contribution in [3.8, 4) is 17.0 Å². The van der Waals surface area contributed by atoms with Gasteiger partial charge in [-0.25, -0.2) is 4.39 Å². The van der Waals surface area contributed by atoms with E-state index in [0.29, 0.717) is 16.5 Å². The van der Waals surface area contributed by atoms with E-state index in [1.54, 1.807) is 13.1 Å². The molecule has 90 valence electrons. The molecule has 0 aliphatic heterocycles. The topological polar surface area (TPSA) is 53.1 Å². The summed E-state index contributed by atoms with van der Waals surface area (Å²) in [5.74, 6) is 0.232. The number of anilines is 1. The number of rotatable bonds is 2. The maximum atomic E-state index is 13.8. The van der Waals surface area contributed by atoms with Crippen molar-refractivity contribution in [1.29, 1.82) is 0 Å². The zero-order valence-electron chi connectivity index (χ0n) is 9.37. The predicted molar refractivity (Wildman–Crippen MR) is 64.6 cm³/mol. The summed E-state index contributed by atoms with van der Waals surface area (Å²) < 4.78 is 20.4. The molecule has 0 atom stereocenters. The molecule has 0 saturated heterocycles. The Morgan fingerprint density at radius 2 is 2.18 bits per heavy atom. The smallest absolute Gasteiger partial charge is 0.149 e. The van der Waals surface area contributed by atoms with E-state index >= 15 is 0 Å². The van der Waals surface area contributed by atoms with Crippen molar-refractivity contribution in [2.24, 2.45) is 7.05 Å². The zero-order valence-corrected chi connectivity index (χ0v) is 10.1. The van der Waals surface area contributed by atoms with Crippen LogP contribution in [0.5, 0.6) is 5.75 Å². The monoisotopic (exact) mass is 255 g/mol. The SMILES string of the molecule is COc1c(Cl)ccc(F)c1-c1cc(N)n(C)n1. The molecule has 1 heterocycles.